The van der Waals surface area contributed by atoms with Crippen LogP contribution in [0.2, 0.25) is 0 Å². The first-order valence-electron chi connectivity index (χ1n) is 6.90. The SMILES string of the molecule is NCc1ccc(N2CN(C(=O)N3CCOCC3)N=N2)cc1. The van der Waals surface area contributed by atoms with Gasteiger partial charge in [-0.3, -0.25) is 0 Å². The van der Waals surface area contributed by atoms with Crippen molar-refractivity contribution in [1.29, 1.82) is 0 Å². The second-order valence-electron chi connectivity index (χ2n) is 4.87. The van der Waals surface area contributed by atoms with Crippen molar-refractivity contribution in [2.75, 3.05) is 38.0 Å². The van der Waals surface area contributed by atoms with Crippen LogP contribution in [0.4, 0.5) is 10.5 Å². The first-order valence-corrected chi connectivity index (χ1v) is 6.90. The van der Waals surface area contributed by atoms with Crippen molar-refractivity contribution in [2.45, 2.75) is 6.54 Å². The smallest absolute Gasteiger partial charge is 0.343 e. The Balaban J connectivity index is 1.62. The van der Waals surface area contributed by atoms with Gasteiger partial charge in [0.1, 0.15) is 6.67 Å². The number of carbonyl (C=O) groups is 1. The molecule has 0 bridgehead atoms. The number of hydrogen-bond donors (Lipinski definition) is 1. The van der Waals surface area contributed by atoms with Crippen LogP contribution < -0.4 is 10.7 Å². The standard InChI is InChI=1S/C13H18N6O2/c14-9-11-1-3-12(4-2-11)18-10-19(16-15-18)13(20)17-5-7-21-8-6-17/h1-4H,5-10,14H2. The Hall–Kier alpha value is -2.19. The summed E-state index contributed by atoms with van der Waals surface area (Å²) in [6, 6.07) is 7.59. The number of nitrogens with zero attached hydrogens (tertiary/aromatic N) is 5. The van der Waals surface area contributed by atoms with Gasteiger partial charge in [0.05, 0.1) is 18.9 Å². The Morgan fingerprint density at radius 1 is 1.19 bits per heavy atom. The monoisotopic (exact) mass is 290 g/mol. The lowest BCUT2D eigenvalue weighted by Gasteiger charge is -2.28. The first kappa shape index (κ1) is 13.8. The molecule has 8 heteroatoms. The van der Waals surface area contributed by atoms with Crippen LogP contribution in [0.5, 0.6) is 0 Å². The number of carbonyl (C=O) groups excluding carboxylic acids is 1. The Morgan fingerprint density at radius 2 is 1.90 bits per heavy atom. The highest BCUT2D eigenvalue weighted by Gasteiger charge is 2.28. The van der Waals surface area contributed by atoms with Crippen LogP contribution in [-0.4, -0.2) is 48.9 Å². The molecule has 0 unspecified atom stereocenters. The third kappa shape index (κ3) is 2.96. The summed E-state index contributed by atoms with van der Waals surface area (Å²) in [5, 5.41) is 11.0. The maximum Gasteiger partial charge on any atom is 0.343 e. The van der Waals surface area contributed by atoms with Crippen molar-refractivity contribution in [3.8, 4) is 0 Å². The number of rotatable bonds is 2. The lowest BCUT2D eigenvalue weighted by molar-refractivity contribution is 0.0443. The summed E-state index contributed by atoms with van der Waals surface area (Å²) in [6.45, 7) is 3.15. The van der Waals surface area contributed by atoms with Crippen molar-refractivity contribution in [1.82, 2.24) is 9.91 Å². The van der Waals surface area contributed by atoms with E-state index in [-0.39, 0.29) is 6.03 Å². The zero-order valence-electron chi connectivity index (χ0n) is 11.7. The van der Waals surface area contributed by atoms with Crippen LogP contribution in [0.3, 0.4) is 0 Å². The quantitative estimate of drug-likeness (QED) is 0.879. The van der Waals surface area contributed by atoms with Crippen LogP contribution in [0, 0.1) is 0 Å². The van der Waals surface area contributed by atoms with Crippen LogP contribution in [-0.2, 0) is 11.3 Å². The molecule has 8 nitrogen and oxygen atoms in total. The fraction of sp³-hybridized carbons (Fsp3) is 0.462. The average molecular weight is 290 g/mol. The maximum atomic E-state index is 12.3. The number of nitrogens with two attached hydrogens (primary N) is 1. The number of morpholine rings is 1. The summed E-state index contributed by atoms with van der Waals surface area (Å²) in [7, 11) is 0. The second kappa shape index (κ2) is 6.06. The van der Waals surface area contributed by atoms with Crippen LogP contribution >= 0.6 is 0 Å². The van der Waals surface area contributed by atoms with Crippen LogP contribution in [0.1, 0.15) is 5.56 Å². The molecule has 2 aliphatic rings. The van der Waals surface area contributed by atoms with Crippen molar-refractivity contribution in [2.24, 2.45) is 16.2 Å². The van der Waals surface area contributed by atoms with Gasteiger partial charge in [-0.15, -0.1) is 0 Å². The zero-order valence-corrected chi connectivity index (χ0v) is 11.7. The second-order valence-corrected chi connectivity index (χ2v) is 4.87. The summed E-state index contributed by atoms with van der Waals surface area (Å²) >= 11 is 0. The van der Waals surface area contributed by atoms with Crippen molar-refractivity contribution in [3.63, 3.8) is 0 Å². The van der Waals surface area contributed by atoms with Crippen molar-refractivity contribution >= 4 is 11.7 Å². The molecule has 0 aliphatic carbocycles. The first-order chi connectivity index (χ1) is 10.3. The lowest BCUT2D eigenvalue weighted by Crippen LogP contribution is -2.47. The van der Waals surface area contributed by atoms with Gasteiger partial charge in [0, 0.05) is 19.6 Å². The molecule has 2 aliphatic heterocycles. The summed E-state index contributed by atoms with van der Waals surface area (Å²) < 4.78 is 5.24. The molecule has 1 saturated heterocycles. The Bertz CT molecular complexity index is 526. The normalized spacial score (nSPS) is 18.4. The Kier molecular flexibility index (Phi) is 3.98. The molecule has 0 saturated carbocycles. The molecule has 1 fully saturated rings. The number of anilines is 1. The average Bonchev–Trinajstić information content (AvgIpc) is 3.05. The van der Waals surface area contributed by atoms with E-state index >= 15 is 0 Å². The van der Waals surface area contributed by atoms with Crippen molar-refractivity contribution < 1.29 is 9.53 Å². The molecule has 1 aromatic carbocycles. The molecular weight excluding hydrogens is 272 g/mol. The molecule has 2 heterocycles. The van der Waals surface area contributed by atoms with Crippen LogP contribution in [0.15, 0.2) is 34.7 Å². The van der Waals surface area contributed by atoms with E-state index in [0.717, 1.165) is 11.3 Å². The number of ether oxygens (including phenoxy) is 1. The van der Waals surface area contributed by atoms with Gasteiger partial charge in [-0.05, 0) is 28.1 Å². The minimum atomic E-state index is -0.136. The molecule has 3 rings (SSSR count). The highest BCUT2D eigenvalue weighted by atomic mass is 16.5. The number of amides is 2. The summed E-state index contributed by atoms with van der Waals surface area (Å²) in [4.78, 5) is 14.0. The highest BCUT2D eigenvalue weighted by Crippen LogP contribution is 2.21. The van der Waals surface area contributed by atoms with Gasteiger partial charge < -0.3 is 15.4 Å². The maximum absolute atomic E-state index is 12.3. The third-order valence-corrected chi connectivity index (χ3v) is 3.50. The van der Waals surface area contributed by atoms with E-state index in [9.17, 15) is 4.79 Å². The summed E-state index contributed by atoms with van der Waals surface area (Å²) in [5.41, 5.74) is 7.51. The lowest BCUT2D eigenvalue weighted by atomic mass is 10.2. The van der Waals surface area contributed by atoms with Gasteiger partial charge in [0.25, 0.3) is 0 Å². The Labute approximate surface area is 122 Å². The van der Waals surface area contributed by atoms with Gasteiger partial charge >= 0.3 is 6.03 Å². The molecule has 2 amide bonds. The van der Waals surface area contributed by atoms with Crippen LogP contribution in [0.25, 0.3) is 0 Å². The van der Waals surface area contributed by atoms with E-state index < -0.39 is 0 Å². The van der Waals surface area contributed by atoms with E-state index in [1.54, 1.807) is 9.91 Å². The van der Waals surface area contributed by atoms with E-state index in [0.29, 0.717) is 39.5 Å². The number of hydrogen-bond acceptors (Lipinski definition) is 6. The molecular formula is C13H18N6O2. The topological polar surface area (TPSA) is 86.8 Å². The van der Waals surface area contributed by atoms with E-state index in [2.05, 4.69) is 10.4 Å². The predicted molar refractivity (Wildman–Crippen MR) is 76.2 cm³/mol. The van der Waals surface area contributed by atoms with Gasteiger partial charge in [0.15, 0.2) is 0 Å². The number of benzene rings is 1. The third-order valence-electron chi connectivity index (χ3n) is 3.50. The van der Waals surface area contributed by atoms with E-state index in [1.165, 1.54) is 5.01 Å². The summed E-state index contributed by atoms with van der Waals surface area (Å²) in [5.74, 6) is 0. The predicted octanol–water partition coefficient (Wildman–Crippen LogP) is 0.959. The molecule has 0 aromatic heterocycles. The highest BCUT2D eigenvalue weighted by molar-refractivity contribution is 5.74. The van der Waals surface area contributed by atoms with E-state index in [4.69, 9.17) is 10.5 Å². The van der Waals surface area contributed by atoms with Gasteiger partial charge in [-0.2, -0.15) is 5.01 Å². The molecule has 2 N–H and O–H groups in total. The van der Waals surface area contributed by atoms with Crippen molar-refractivity contribution in [3.05, 3.63) is 29.8 Å². The Morgan fingerprint density at radius 3 is 2.57 bits per heavy atom. The van der Waals surface area contributed by atoms with E-state index in [1.807, 2.05) is 24.3 Å². The summed E-state index contributed by atoms with van der Waals surface area (Å²) in [6.07, 6.45) is 0. The van der Waals surface area contributed by atoms with Gasteiger partial charge in [-0.1, -0.05) is 12.1 Å². The molecule has 0 spiro atoms. The molecule has 112 valence electrons. The fourth-order valence-electron chi connectivity index (χ4n) is 2.23. The largest absolute Gasteiger partial charge is 0.378 e. The molecule has 0 atom stereocenters. The molecule has 21 heavy (non-hydrogen) atoms. The van der Waals surface area contributed by atoms with Gasteiger partial charge in [0.2, 0.25) is 0 Å². The molecule has 0 radical (unpaired) electrons. The zero-order chi connectivity index (χ0) is 14.7. The number of urea groups is 1. The molecule has 1 aromatic rings. The van der Waals surface area contributed by atoms with Gasteiger partial charge in [-0.25, -0.2) is 9.80 Å². The minimum Gasteiger partial charge on any atom is -0.378 e. The minimum absolute atomic E-state index is 0.136. The fourth-order valence-corrected chi connectivity index (χ4v) is 2.23.